The van der Waals surface area contributed by atoms with Crippen LogP contribution in [0.2, 0.25) is 0 Å². The van der Waals surface area contributed by atoms with E-state index in [0.29, 0.717) is 13.1 Å². The van der Waals surface area contributed by atoms with Gasteiger partial charge in [0.1, 0.15) is 0 Å². The summed E-state index contributed by atoms with van der Waals surface area (Å²) in [7, 11) is 0. The van der Waals surface area contributed by atoms with Crippen molar-refractivity contribution in [2.75, 3.05) is 19.7 Å². The molecule has 106 valence electrons. The van der Waals surface area contributed by atoms with Crippen molar-refractivity contribution >= 4 is 6.03 Å². The van der Waals surface area contributed by atoms with Crippen LogP contribution in [0.25, 0.3) is 0 Å². The Morgan fingerprint density at radius 2 is 2.00 bits per heavy atom. The smallest absolute Gasteiger partial charge is 0.314 e. The molecule has 0 unspecified atom stereocenters. The first-order valence-electron chi connectivity index (χ1n) is 6.72. The Balaban J connectivity index is 2.03. The molecule has 0 aromatic carbocycles. The van der Waals surface area contributed by atoms with Crippen LogP contribution in [-0.4, -0.2) is 41.5 Å². The maximum Gasteiger partial charge on any atom is 0.314 e. The number of hydrogen-bond donors (Lipinski definition) is 4. The van der Waals surface area contributed by atoms with Gasteiger partial charge in [-0.15, -0.1) is 0 Å². The lowest BCUT2D eigenvalue weighted by Gasteiger charge is -2.36. The van der Waals surface area contributed by atoms with Crippen LogP contribution in [0.5, 0.6) is 0 Å². The molecular weight excluding hydrogens is 232 g/mol. The van der Waals surface area contributed by atoms with Crippen LogP contribution < -0.4 is 10.6 Å². The summed E-state index contributed by atoms with van der Waals surface area (Å²) in [5.41, 5.74) is -0.755. The predicted octanol–water partition coefficient (Wildman–Crippen LogP) is 0.999. The molecule has 0 aliphatic heterocycles. The monoisotopic (exact) mass is 258 g/mol. The van der Waals surface area contributed by atoms with Crippen LogP contribution in [0.1, 0.15) is 46.0 Å². The quantitative estimate of drug-likeness (QED) is 0.514. The molecule has 5 heteroatoms. The molecule has 0 radical (unpaired) electrons. The molecule has 0 aromatic rings. The second kappa shape index (κ2) is 6.38. The molecule has 18 heavy (non-hydrogen) atoms. The molecular formula is C13H26N2O3. The van der Waals surface area contributed by atoms with Gasteiger partial charge in [-0.25, -0.2) is 4.79 Å². The van der Waals surface area contributed by atoms with Gasteiger partial charge in [0.25, 0.3) is 0 Å². The van der Waals surface area contributed by atoms with E-state index >= 15 is 0 Å². The summed E-state index contributed by atoms with van der Waals surface area (Å²) in [4.78, 5) is 11.4. The number of amides is 2. The summed E-state index contributed by atoms with van der Waals surface area (Å²) >= 11 is 0. The Labute approximate surface area is 109 Å². The first kappa shape index (κ1) is 15.2. The zero-order valence-corrected chi connectivity index (χ0v) is 11.5. The summed E-state index contributed by atoms with van der Waals surface area (Å²) in [5.74, 6) is 0. The molecule has 0 spiro atoms. The van der Waals surface area contributed by atoms with Gasteiger partial charge in [-0.3, -0.25) is 0 Å². The number of carbonyl (C=O) groups excluding carboxylic acids is 1. The van der Waals surface area contributed by atoms with Crippen molar-refractivity contribution in [3.63, 3.8) is 0 Å². The van der Waals surface area contributed by atoms with Gasteiger partial charge in [0.05, 0.1) is 5.60 Å². The van der Waals surface area contributed by atoms with Crippen LogP contribution in [0.3, 0.4) is 0 Å². The summed E-state index contributed by atoms with van der Waals surface area (Å²) in [5, 5.41) is 24.3. The molecule has 0 bridgehead atoms. The van der Waals surface area contributed by atoms with Crippen LogP contribution in [0.15, 0.2) is 0 Å². The van der Waals surface area contributed by atoms with Crippen molar-refractivity contribution in [1.29, 1.82) is 0 Å². The van der Waals surface area contributed by atoms with Gasteiger partial charge >= 0.3 is 6.03 Å². The maximum atomic E-state index is 11.4. The van der Waals surface area contributed by atoms with E-state index in [1.807, 2.05) is 13.8 Å². The Kier molecular flexibility index (Phi) is 5.41. The van der Waals surface area contributed by atoms with Gasteiger partial charge in [0.2, 0.25) is 0 Å². The lowest BCUT2D eigenvalue weighted by Crippen LogP contribution is -2.50. The van der Waals surface area contributed by atoms with Crippen LogP contribution in [0.4, 0.5) is 4.79 Å². The van der Waals surface area contributed by atoms with E-state index in [9.17, 15) is 9.90 Å². The molecule has 1 rings (SSSR count). The van der Waals surface area contributed by atoms with Gasteiger partial charge in [-0.2, -0.15) is 0 Å². The number of aliphatic hydroxyl groups is 2. The van der Waals surface area contributed by atoms with Crippen LogP contribution in [-0.2, 0) is 0 Å². The largest absolute Gasteiger partial charge is 0.396 e. The highest BCUT2D eigenvalue weighted by molar-refractivity contribution is 5.73. The minimum Gasteiger partial charge on any atom is -0.396 e. The summed E-state index contributed by atoms with van der Waals surface area (Å²) < 4.78 is 0. The molecule has 0 atom stereocenters. The zero-order valence-electron chi connectivity index (χ0n) is 11.5. The fourth-order valence-corrected chi connectivity index (χ4v) is 1.92. The highest BCUT2D eigenvalue weighted by Crippen LogP contribution is 2.30. The molecule has 1 saturated carbocycles. The maximum absolute atomic E-state index is 11.4. The van der Waals surface area contributed by atoms with Crippen molar-refractivity contribution in [3.05, 3.63) is 0 Å². The third kappa shape index (κ3) is 5.23. The minimum atomic E-state index is -0.670. The summed E-state index contributed by atoms with van der Waals surface area (Å²) in [6, 6.07) is -0.225. The van der Waals surface area contributed by atoms with Gasteiger partial charge < -0.3 is 20.8 Å². The molecule has 2 amide bonds. The number of rotatable bonds is 7. The predicted molar refractivity (Wildman–Crippen MR) is 70.3 cm³/mol. The third-order valence-corrected chi connectivity index (χ3v) is 3.61. The zero-order chi connectivity index (χ0) is 13.6. The second-order valence-corrected chi connectivity index (χ2v) is 6.11. The Bertz CT molecular complexity index is 275. The molecule has 1 aliphatic rings. The lowest BCUT2D eigenvalue weighted by atomic mass is 9.80. The first-order valence-corrected chi connectivity index (χ1v) is 6.72. The van der Waals surface area contributed by atoms with E-state index in [1.54, 1.807) is 0 Å². The Morgan fingerprint density at radius 1 is 1.33 bits per heavy atom. The van der Waals surface area contributed by atoms with E-state index < -0.39 is 5.60 Å². The standard InChI is InChI=1S/C13H26N2O3/c1-12(2,10-16)5-4-8-14-11(17)15-9-13(18)6-3-7-13/h16,18H,3-10H2,1-2H3,(H2,14,15,17). The SMILES string of the molecule is CC(C)(CO)CCCNC(=O)NCC1(O)CCC1. The van der Waals surface area contributed by atoms with Crippen molar-refractivity contribution in [1.82, 2.24) is 10.6 Å². The second-order valence-electron chi connectivity index (χ2n) is 6.11. The average Bonchev–Trinajstić information content (AvgIpc) is 2.30. The van der Waals surface area contributed by atoms with E-state index in [0.717, 1.165) is 32.1 Å². The fraction of sp³-hybridized carbons (Fsp3) is 0.923. The summed E-state index contributed by atoms with van der Waals surface area (Å²) in [6.45, 7) is 5.08. The number of carbonyl (C=O) groups is 1. The van der Waals surface area contributed by atoms with Crippen molar-refractivity contribution in [2.45, 2.75) is 51.6 Å². The normalized spacial score (nSPS) is 18.0. The van der Waals surface area contributed by atoms with E-state index in [2.05, 4.69) is 10.6 Å². The molecule has 0 saturated heterocycles. The van der Waals surface area contributed by atoms with Crippen LogP contribution in [0, 0.1) is 5.41 Å². The van der Waals surface area contributed by atoms with Crippen molar-refractivity contribution in [3.8, 4) is 0 Å². The minimum absolute atomic E-state index is 0.0841. The third-order valence-electron chi connectivity index (χ3n) is 3.61. The first-order chi connectivity index (χ1) is 8.37. The lowest BCUT2D eigenvalue weighted by molar-refractivity contribution is -0.0290. The fourth-order valence-electron chi connectivity index (χ4n) is 1.92. The van der Waals surface area contributed by atoms with E-state index in [1.165, 1.54) is 0 Å². The molecule has 5 nitrogen and oxygen atoms in total. The Hall–Kier alpha value is -0.810. The number of hydrogen-bond acceptors (Lipinski definition) is 3. The van der Waals surface area contributed by atoms with Crippen LogP contribution >= 0.6 is 0 Å². The summed E-state index contributed by atoms with van der Waals surface area (Å²) in [6.07, 6.45) is 4.30. The van der Waals surface area contributed by atoms with E-state index in [4.69, 9.17) is 5.11 Å². The number of nitrogens with one attached hydrogen (secondary N) is 2. The molecule has 1 aliphatic carbocycles. The molecule has 0 aromatic heterocycles. The molecule has 0 heterocycles. The molecule has 1 fully saturated rings. The highest BCUT2D eigenvalue weighted by atomic mass is 16.3. The number of urea groups is 1. The van der Waals surface area contributed by atoms with Gasteiger partial charge in [0.15, 0.2) is 0 Å². The average molecular weight is 258 g/mol. The Morgan fingerprint density at radius 3 is 2.50 bits per heavy atom. The van der Waals surface area contributed by atoms with Gasteiger partial charge in [-0.05, 0) is 37.5 Å². The number of aliphatic hydroxyl groups excluding tert-OH is 1. The van der Waals surface area contributed by atoms with Crippen molar-refractivity contribution < 1.29 is 15.0 Å². The van der Waals surface area contributed by atoms with Gasteiger partial charge in [0, 0.05) is 19.7 Å². The highest BCUT2D eigenvalue weighted by Gasteiger charge is 2.34. The molecule has 4 N–H and O–H groups in total. The van der Waals surface area contributed by atoms with Crippen molar-refractivity contribution in [2.24, 2.45) is 5.41 Å². The topological polar surface area (TPSA) is 81.6 Å². The van der Waals surface area contributed by atoms with E-state index in [-0.39, 0.29) is 18.1 Å². The van der Waals surface area contributed by atoms with Gasteiger partial charge in [-0.1, -0.05) is 13.8 Å².